The minimum absolute atomic E-state index is 0.360. The molecule has 3 heteroatoms. The number of rotatable bonds is 2. The summed E-state index contributed by atoms with van der Waals surface area (Å²) in [5.41, 5.74) is 0. The highest BCUT2D eigenvalue weighted by Gasteiger charge is 2.35. The van der Waals surface area contributed by atoms with E-state index >= 15 is 0 Å². The summed E-state index contributed by atoms with van der Waals surface area (Å²) in [6.07, 6.45) is 10.5. The van der Waals surface area contributed by atoms with Gasteiger partial charge in [0.1, 0.15) is 6.10 Å². The second kappa shape index (κ2) is 3.80. The molecule has 2 saturated carbocycles. The van der Waals surface area contributed by atoms with Gasteiger partial charge in [0.2, 0.25) is 0 Å². The summed E-state index contributed by atoms with van der Waals surface area (Å²) in [6.45, 7) is 0. The standard InChI is InChI=1S/C12H16N2O/c1-4-13-12(14-5-1)15-11-7-9-2-3-10(6-9)8-11/h1,4-5,9-11H,2-3,6-8H2/t9-,10+,11?. The summed E-state index contributed by atoms with van der Waals surface area (Å²) < 4.78 is 5.81. The summed E-state index contributed by atoms with van der Waals surface area (Å²) >= 11 is 0. The molecule has 15 heavy (non-hydrogen) atoms. The number of aromatic nitrogens is 2. The van der Waals surface area contributed by atoms with Crippen molar-refractivity contribution >= 4 is 0 Å². The van der Waals surface area contributed by atoms with Gasteiger partial charge in [0, 0.05) is 12.4 Å². The summed E-state index contributed by atoms with van der Waals surface area (Å²) in [6, 6.07) is 2.36. The summed E-state index contributed by atoms with van der Waals surface area (Å²) in [7, 11) is 0. The Bertz CT molecular complexity index is 316. The predicted octanol–water partition coefficient (Wildman–Crippen LogP) is 2.43. The van der Waals surface area contributed by atoms with Gasteiger partial charge in [-0.3, -0.25) is 0 Å². The van der Waals surface area contributed by atoms with E-state index in [1.54, 1.807) is 12.4 Å². The molecule has 2 aliphatic carbocycles. The van der Waals surface area contributed by atoms with Gasteiger partial charge >= 0.3 is 6.01 Å². The Hall–Kier alpha value is -1.12. The zero-order valence-electron chi connectivity index (χ0n) is 8.80. The van der Waals surface area contributed by atoms with Gasteiger partial charge in [-0.25, -0.2) is 9.97 Å². The first kappa shape index (κ1) is 9.13. The van der Waals surface area contributed by atoms with Crippen LogP contribution in [0.5, 0.6) is 6.01 Å². The van der Waals surface area contributed by atoms with Crippen LogP contribution in [0.1, 0.15) is 32.1 Å². The number of hydrogen-bond donors (Lipinski definition) is 0. The van der Waals surface area contributed by atoms with Crippen molar-refractivity contribution in [2.24, 2.45) is 11.8 Å². The quantitative estimate of drug-likeness (QED) is 0.742. The van der Waals surface area contributed by atoms with Gasteiger partial charge in [-0.05, 0) is 37.2 Å². The number of nitrogens with zero attached hydrogens (tertiary/aromatic N) is 2. The molecule has 3 atom stereocenters. The first-order valence-electron chi connectivity index (χ1n) is 5.84. The topological polar surface area (TPSA) is 35.0 Å². The second-order valence-electron chi connectivity index (χ2n) is 4.79. The molecule has 1 aromatic heterocycles. The number of hydrogen-bond acceptors (Lipinski definition) is 3. The van der Waals surface area contributed by atoms with Crippen molar-refractivity contribution in [3.63, 3.8) is 0 Å². The van der Waals surface area contributed by atoms with Crippen LogP contribution in [0.15, 0.2) is 18.5 Å². The highest BCUT2D eigenvalue weighted by molar-refractivity contribution is 4.96. The van der Waals surface area contributed by atoms with Gasteiger partial charge in [-0.15, -0.1) is 0 Å². The van der Waals surface area contributed by atoms with Crippen molar-refractivity contribution in [2.45, 2.75) is 38.2 Å². The Labute approximate surface area is 89.9 Å². The van der Waals surface area contributed by atoms with Crippen LogP contribution < -0.4 is 4.74 Å². The van der Waals surface area contributed by atoms with E-state index in [0.29, 0.717) is 12.1 Å². The average molecular weight is 204 g/mol. The van der Waals surface area contributed by atoms with Crippen molar-refractivity contribution < 1.29 is 4.74 Å². The maximum Gasteiger partial charge on any atom is 0.316 e. The molecule has 1 heterocycles. The third-order valence-corrected chi connectivity index (χ3v) is 3.66. The fourth-order valence-electron chi connectivity index (χ4n) is 3.04. The van der Waals surface area contributed by atoms with Gasteiger partial charge < -0.3 is 4.74 Å². The number of fused-ring (bicyclic) bond motifs is 2. The van der Waals surface area contributed by atoms with Gasteiger partial charge in [0.05, 0.1) is 0 Å². The van der Waals surface area contributed by atoms with Crippen LogP contribution in [0.3, 0.4) is 0 Å². The Morgan fingerprint density at radius 2 is 1.67 bits per heavy atom. The molecule has 2 aliphatic rings. The molecule has 0 amide bonds. The van der Waals surface area contributed by atoms with Crippen molar-refractivity contribution in [3.05, 3.63) is 18.5 Å². The lowest BCUT2D eigenvalue weighted by molar-refractivity contribution is 0.108. The molecule has 1 aromatic rings. The van der Waals surface area contributed by atoms with Crippen LogP contribution in [0.4, 0.5) is 0 Å². The van der Waals surface area contributed by atoms with Gasteiger partial charge in [-0.2, -0.15) is 0 Å². The fourth-order valence-corrected chi connectivity index (χ4v) is 3.04. The third kappa shape index (κ3) is 1.96. The van der Waals surface area contributed by atoms with Crippen molar-refractivity contribution in [3.8, 4) is 6.01 Å². The van der Waals surface area contributed by atoms with Crippen LogP contribution in [0, 0.1) is 11.8 Å². The molecule has 2 bridgehead atoms. The first-order chi connectivity index (χ1) is 7.40. The first-order valence-corrected chi connectivity index (χ1v) is 5.84. The highest BCUT2D eigenvalue weighted by Crippen LogP contribution is 2.42. The molecule has 0 aromatic carbocycles. The Morgan fingerprint density at radius 1 is 1.00 bits per heavy atom. The predicted molar refractivity (Wildman–Crippen MR) is 56.5 cm³/mol. The van der Waals surface area contributed by atoms with Crippen molar-refractivity contribution in [1.29, 1.82) is 0 Å². The summed E-state index contributed by atoms with van der Waals surface area (Å²) in [5, 5.41) is 0. The normalized spacial score (nSPS) is 34.0. The van der Waals surface area contributed by atoms with Gasteiger partial charge in [0.25, 0.3) is 0 Å². The minimum atomic E-state index is 0.360. The zero-order chi connectivity index (χ0) is 10.1. The van der Waals surface area contributed by atoms with Crippen LogP contribution in [0.25, 0.3) is 0 Å². The molecule has 2 fully saturated rings. The summed E-state index contributed by atoms with van der Waals surface area (Å²) in [4.78, 5) is 8.22. The van der Waals surface area contributed by atoms with Crippen molar-refractivity contribution in [2.75, 3.05) is 0 Å². The Morgan fingerprint density at radius 3 is 2.33 bits per heavy atom. The van der Waals surface area contributed by atoms with E-state index in [1.807, 2.05) is 6.07 Å². The Kier molecular flexibility index (Phi) is 2.31. The number of ether oxygens (including phenoxy) is 1. The van der Waals surface area contributed by atoms with E-state index in [-0.39, 0.29) is 0 Å². The largest absolute Gasteiger partial charge is 0.460 e. The average Bonchev–Trinajstić information content (AvgIpc) is 2.60. The van der Waals surface area contributed by atoms with Crippen LogP contribution in [-0.2, 0) is 0 Å². The lowest BCUT2D eigenvalue weighted by Gasteiger charge is -2.27. The Balaban J connectivity index is 1.65. The fraction of sp³-hybridized carbons (Fsp3) is 0.667. The maximum absolute atomic E-state index is 5.81. The molecule has 0 N–H and O–H groups in total. The molecule has 3 rings (SSSR count). The summed E-state index contributed by atoms with van der Waals surface area (Å²) in [5.74, 6) is 1.80. The molecule has 0 radical (unpaired) electrons. The van der Waals surface area contributed by atoms with Crippen molar-refractivity contribution in [1.82, 2.24) is 9.97 Å². The molecule has 1 unspecified atom stereocenters. The van der Waals surface area contributed by atoms with E-state index in [4.69, 9.17) is 4.74 Å². The van der Waals surface area contributed by atoms with E-state index in [2.05, 4.69) is 9.97 Å². The lowest BCUT2D eigenvalue weighted by atomic mass is 9.87. The SMILES string of the molecule is c1cnc(OC2C[C@H]3CC[C@@H](C2)C3)nc1. The van der Waals surface area contributed by atoms with E-state index in [9.17, 15) is 0 Å². The second-order valence-corrected chi connectivity index (χ2v) is 4.79. The molecule has 80 valence electrons. The van der Waals surface area contributed by atoms with E-state index < -0.39 is 0 Å². The van der Waals surface area contributed by atoms with Gasteiger partial charge in [-0.1, -0.05) is 12.8 Å². The molecule has 0 aliphatic heterocycles. The smallest absolute Gasteiger partial charge is 0.316 e. The van der Waals surface area contributed by atoms with Gasteiger partial charge in [0.15, 0.2) is 0 Å². The third-order valence-electron chi connectivity index (χ3n) is 3.66. The van der Waals surface area contributed by atoms with Crippen LogP contribution in [-0.4, -0.2) is 16.1 Å². The lowest BCUT2D eigenvalue weighted by Crippen LogP contribution is -2.26. The highest BCUT2D eigenvalue weighted by atomic mass is 16.5. The zero-order valence-corrected chi connectivity index (χ0v) is 8.80. The molecular weight excluding hydrogens is 188 g/mol. The molecular formula is C12H16N2O. The monoisotopic (exact) mass is 204 g/mol. The maximum atomic E-state index is 5.81. The minimum Gasteiger partial charge on any atom is -0.460 e. The van der Waals surface area contributed by atoms with Crippen LogP contribution >= 0.6 is 0 Å². The molecule has 0 spiro atoms. The van der Waals surface area contributed by atoms with E-state index in [1.165, 1.54) is 32.1 Å². The molecule has 0 saturated heterocycles. The van der Waals surface area contributed by atoms with E-state index in [0.717, 1.165) is 11.8 Å². The molecule has 3 nitrogen and oxygen atoms in total. The van der Waals surface area contributed by atoms with Crippen LogP contribution in [0.2, 0.25) is 0 Å².